The normalized spacial score (nSPS) is 15.7. The summed E-state index contributed by atoms with van der Waals surface area (Å²) in [5.41, 5.74) is 1.33. The Labute approximate surface area is 92.3 Å². The predicted molar refractivity (Wildman–Crippen MR) is 53.9 cm³/mol. The van der Waals surface area contributed by atoms with Crippen molar-refractivity contribution in [2.45, 2.75) is 20.0 Å². The molecule has 1 amide bonds. The first-order valence-corrected chi connectivity index (χ1v) is 5.10. The number of halogens is 3. The van der Waals surface area contributed by atoms with Gasteiger partial charge in [0.2, 0.25) is 5.91 Å². The van der Waals surface area contributed by atoms with Gasteiger partial charge in [0.05, 0.1) is 0 Å². The number of nitrogens with zero attached hydrogens (tertiary/aromatic N) is 1. The van der Waals surface area contributed by atoms with Gasteiger partial charge in [0, 0.05) is 25.2 Å². The second-order valence-electron chi connectivity index (χ2n) is 3.77. The van der Waals surface area contributed by atoms with Crippen LogP contribution in [0.4, 0.5) is 13.2 Å². The van der Waals surface area contributed by atoms with Gasteiger partial charge in [0.15, 0.2) is 0 Å². The Balaban J connectivity index is 2.69. The third-order valence-electron chi connectivity index (χ3n) is 2.57. The summed E-state index contributed by atoms with van der Waals surface area (Å²) < 4.78 is 36.6. The number of alkyl halides is 3. The van der Waals surface area contributed by atoms with Gasteiger partial charge in [-0.3, -0.25) is 4.79 Å². The molecule has 0 aliphatic carbocycles. The maximum Gasteiger partial charge on any atom is 0.406 e. The number of hydrogen-bond acceptors (Lipinski definition) is 2. The van der Waals surface area contributed by atoms with Crippen molar-refractivity contribution < 1.29 is 18.0 Å². The Bertz CT molecular complexity index is 304. The number of carbonyl (C=O) groups excluding carboxylic acids is 1. The molecule has 0 aromatic heterocycles. The quantitative estimate of drug-likeness (QED) is 0.749. The van der Waals surface area contributed by atoms with Crippen molar-refractivity contribution >= 4 is 5.91 Å². The number of carbonyl (C=O) groups is 1. The number of rotatable bonds is 3. The maximum atomic E-state index is 12.2. The predicted octanol–water partition coefficient (Wildman–Crippen LogP) is 1.32. The van der Waals surface area contributed by atoms with Crippen LogP contribution in [-0.2, 0) is 4.79 Å². The van der Waals surface area contributed by atoms with Crippen LogP contribution in [0.15, 0.2) is 11.1 Å². The molecule has 0 saturated carbocycles. The molecule has 0 spiro atoms. The van der Waals surface area contributed by atoms with E-state index in [1.54, 1.807) is 13.8 Å². The Morgan fingerprint density at radius 3 is 2.31 bits per heavy atom. The average molecular weight is 236 g/mol. The molecule has 0 aromatic carbocycles. The van der Waals surface area contributed by atoms with Crippen molar-refractivity contribution in [2.75, 3.05) is 26.2 Å². The van der Waals surface area contributed by atoms with Gasteiger partial charge in [0.25, 0.3) is 0 Å². The van der Waals surface area contributed by atoms with E-state index in [0.29, 0.717) is 18.7 Å². The highest BCUT2D eigenvalue weighted by Crippen LogP contribution is 2.19. The van der Waals surface area contributed by atoms with Gasteiger partial charge >= 0.3 is 6.18 Å². The molecule has 1 N–H and O–H groups in total. The molecule has 0 radical (unpaired) electrons. The summed E-state index contributed by atoms with van der Waals surface area (Å²) in [5.74, 6) is -0.517. The minimum absolute atomic E-state index is 0.0659. The molecule has 16 heavy (non-hydrogen) atoms. The molecule has 1 aliphatic heterocycles. The highest BCUT2D eigenvalue weighted by Gasteiger charge is 2.33. The molecule has 1 fully saturated rings. The van der Waals surface area contributed by atoms with Crippen LogP contribution in [0.25, 0.3) is 0 Å². The molecule has 6 heteroatoms. The zero-order valence-electron chi connectivity index (χ0n) is 9.32. The molecule has 0 unspecified atom stereocenters. The van der Waals surface area contributed by atoms with E-state index in [-0.39, 0.29) is 6.54 Å². The molecule has 0 atom stereocenters. The smallest absolute Gasteiger partial charge is 0.330 e. The first-order valence-electron chi connectivity index (χ1n) is 5.10. The van der Waals surface area contributed by atoms with E-state index in [4.69, 9.17) is 0 Å². The van der Waals surface area contributed by atoms with Crippen LogP contribution >= 0.6 is 0 Å². The Kier molecular flexibility index (Phi) is 3.96. The fourth-order valence-corrected chi connectivity index (χ4v) is 1.45. The largest absolute Gasteiger partial charge is 0.406 e. The summed E-state index contributed by atoms with van der Waals surface area (Å²) in [6.07, 6.45) is -4.34. The maximum absolute atomic E-state index is 12.2. The lowest BCUT2D eigenvalue weighted by Gasteiger charge is -2.26. The standard InChI is InChI=1S/C10H15F3N2O/c1-3-15(6-10(11,12)13)9(16)7(2)8-4-14-5-8/h14H,3-6H2,1-2H3. The summed E-state index contributed by atoms with van der Waals surface area (Å²) in [7, 11) is 0. The molecule has 92 valence electrons. The molecular formula is C10H15F3N2O. The third kappa shape index (κ3) is 3.23. The van der Waals surface area contributed by atoms with Crippen molar-refractivity contribution in [3.05, 3.63) is 11.1 Å². The fourth-order valence-electron chi connectivity index (χ4n) is 1.45. The average Bonchev–Trinajstić information content (AvgIpc) is 2.08. The molecule has 1 saturated heterocycles. The van der Waals surface area contributed by atoms with E-state index < -0.39 is 18.6 Å². The van der Waals surface area contributed by atoms with Crippen LogP contribution in [-0.4, -0.2) is 43.2 Å². The lowest BCUT2D eigenvalue weighted by molar-refractivity contribution is -0.158. The zero-order chi connectivity index (χ0) is 12.3. The zero-order valence-corrected chi connectivity index (χ0v) is 9.32. The van der Waals surface area contributed by atoms with Crippen LogP contribution < -0.4 is 5.32 Å². The van der Waals surface area contributed by atoms with E-state index in [9.17, 15) is 18.0 Å². The van der Waals surface area contributed by atoms with E-state index in [1.165, 1.54) is 0 Å². The molecular weight excluding hydrogens is 221 g/mol. The van der Waals surface area contributed by atoms with Crippen LogP contribution in [0.3, 0.4) is 0 Å². The van der Waals surface area contributed by atoms with Gasteiger partial charge < -0.3 is 10.2 Å². The van der Waals surface area contributed by atoms with Crippen molar-refractivity contribution in [2.24, 2.45) is 0 Å². The van der Waals surface area contributed by atoms with Gasteiger partial charge in [0.1, 0.15) is 6.54 Å². The topological polar surface area (TPSA) is 32.3 Å². The van der Waals surface area contributed by atoms with Gasteiger partial charge in [-0.2, -0.15) is 13.2 Å². The van der Waals surface area contributed by atoms with Crippen molar-refractivity contribution in [1.29, 1.82) is 0 Å². The summed E-state index contributed by atoms with van der Waals surface area (Å²) >= 11 is 0. The number of nitrogens with one attached hydrogen (secondary N) is 1. The molecule has 3 nitrogen and oxygen atoms in total. The summed E-state index contributed by atoms with van der Waals surface area (Å²) in [6.45, 7) is 3.21. The SMILES string of the molecule is CCN(CC(F)(F)F)C(=O)C(C)=C1CNC1. The molecule has 1 heterocycles. The second kappa shape index (κ2) is 4.86. The minimum Gasteiger partial charge on any atom is -0.330 e. The summed E-state index contributed by atoms with van der Waals surface area (Å²) in [6, 6.07) is 0. The van der Waals surface area contributed by atoms with Gasteiger partial charge in [-0.25, -0.2) is 0 Å². The third-order valence-corrected chi connectivity index (χ3v) is 2.57. The summed E-state index contributed by atoms with van der Waals surface area (Å²) in [5, 5.41) is 2.95. The Hall–Kier alpha value is -1.04. The van der Waals surface area contributed by atoms with E-state index in [1.807, 2.05) is 0 Å². The Morgan fingerprint density at radius 2 is 2.00 bits per heavy atom. The van der Waals surface area contributed by atoms with E-state index >= 15 is 0 Å². The number of likely N-dealkylation sites (N-methyl/N-ethyl adjacent to an activating group) is 1. The lowest BCUT2D eigenvalue weighted by Crippen LogP contribution is -2.42. The molecule has 0 bridgehead atoms. The van der Waals surface area contributed by atoms with Crippen LogP contribution in [0.5, 0.6) is 0 Å². The van der Waals surface area contributed by atoms with Crippen LogP contribution in [0.2, 0.25) is 0 Å². The minimum atomic E-state index is -4.34. The highest BCUT2D eigenvalue weighted by atomic mass is 19.4. The van der Waals surface area contributed by atoms with Gasteiger partial charge in [-0.15, -0.1) is 0 Å². The van der Waals surface area contributed by atoms with E-state index in [2.05, 4.69) is 5.32 Å². The highest BCUT2D eigenvalue weighted by molar-refractivity contribution is 5.94. The van der Waals surface area contributed by atoms with Crippen molar-refractivity contribution in [3.8, 4) is 0 Å². The lowest BCUT2D eigenvalue weighted by atomic mass is 10.0. The van der Waals surface area contributed by atoms with Crippen molar-refractivity contribution in [3.63, 3.8) is 0 Å². The fraction of sp³-hybridized carbons (Fsp3) is 0.700. The van der Waals surface area contributed by atoms with Crippen molar-refractivity contribution in [1.82, 2.24) is 10.2 Å². The molecule has 1 rings (SSSR count). The first kappa shape index (κ1) is 13.0. The van der Waals surface area contributed by atoms with Gasteiger partial charge in [-0.05, 0) is 19.4 Å². The number of amides is 1. The Morgan fingerprint density at radius 1 is 1.44 bits per heavy atom. The van der Waals surface area contributed by atoms with Gasteiger partial charge in [-0.1, -0.05) is 0 Å². The van der Waals surface area contributed by atoms with Crippen LogP contribution in [0.1, 0.15) is 13.8 Å². The second-order valence-corrected chi connectivity index (χ2v) is 3.77. The monoisotopic (exact) mass is 236 g/mol. The van der Waals surface area contributed by atoms with Crippen LogP contribution in [0, 0.1) is 0 Å². The molecule has 0 aromatic rings. The first-order chi connectivity index (χ1) is 7.35. The molecule has 1 aliphatic rings. The number of hydrogen-bond donors (Lipinski definition) is 1. The summed E-state index contributed by atoms with van der Waals surface area (Å²) in [4.78, 5) is 12.5. The van der Waals surface area contributed by atoms with E-state index in [0.717, 1.165) is 10.5 Å².